The zero-order valence-corrected chi connectivity index (χ0v) is 18.1. The fraction of sp³-hybridized carbons (Fsp3) is 0.375. The van der Waals surface area contributed by atoms with Crippen LogP contribution in [0, 0.1) is 6.92 Å². The molecule has 0 saturated carbocycles. The number of benzene rings is 2. The van der Waals surface area contributed by atoms with E-state index in [1.54, 1.807) is 26.6 Å². The average molecular weight is 421 g/mol. The molecule has 0 aliphatic carbocycles. The summed E-state index contributed by atoms with van der Waals surface area (Å²) in [6, 6.07) is 11.2. The quantitative estimate of drug-likeness (QED) is 0.609. The molecule has 0 unspecified atom stereocenters. The number of rotatable bonds is 6. The molecule has 1 atom stereocenters. The number of hydrogen-bond acceptors (Lipinski definition) is 5. The molecule has 1 amide bonds. The van der Waals surface area contributed by atoms with Gasteiger partial charge in [0.15, 0.2) is 0 Å². The zero-order valence-electron chi connectivity index (χ0n) is 18.1. The second-order valence-electron chi connectivity index (χ2n) is 7.82. The molecular weight excluding hydrogens is 394 g/mol. The first kappa shape index (κ1) is 20.9. The van der Waals surface area contributed by atoms with E-state index in [9.17, 15) is 9.59 Å². The van der Waals surface area contributed by atoms with Crippen LogP contribution in [-0.4, -0.2) is 41.1 Å². The number of fused-ring (bicyclic) bond motifs is 1. The van der Waals surface area contributed by atoms with Crippen molar-refractivity contribution in [2.45, 2.75) is 38.8 Å². The predicted molar refractivity (Wildman–Crippen MR) is 119 cm³/mol. The Kier molecular flexibility index (Phi) is 5.93. The highest BCUT2D eigenvalue weighted by atomic mass is 16.5. The Bertz CT molecular complexity index is 1170. The van der Waals surface area contributed by atoms with Crippen LogP contribution in [-0.2, 0) is 11.3 Å². The summed E-state index contributed by atoms with van der Waals surface area (Å²) >= 11 is 0. The fourth-order valence-electron chi connectivity index (χ4n) is 4.34. The second kappa shape index (κ2) is 8.79. The number of amides is 1. The standard InChI is InChI=1S/C24H27N3O4/c1-16-6-4-7-19-23(16)25-15-26(24(19)29)13-11-22(28)27-12-5-8-20(27)18-10-9-17(30-2)14-21(18)31-3/h4,6-7,9-10,14-15,20H,5,8,11-13H2,1-3H3/t20-/m0/s1. The molecule has 7 nitrogen and oxygen atoms in total. The van der Waals surface area contributed by atoms with Crippen LogP contribution in [0.25, 0.3) is 10.9 Å². The highest BCUT2D eigenvalue weighted by molar-refractivity contribution is 5.80. The third-order valence-corrected chi connectivity index (χ3v) is 5.99. The number of nitrogens with zero attached hydrogens (tertiary/aromatic N) is 3. The summed E-state index contributed by atoms with van der Waals surface area (Å²) in [6.45, 7) is 2.93. The lowest BCUT2D eigenvalue weighted by atomic mass is 10.0. The second-order valence-corrected chi connectivity index (χ2v) is 7.82. The maximum absolute atomic E-state index is 13.1. The molecule has 0 N–H and O–H groups in total. The maximum atomic E-state index is 13.1. The van der Waals surface area contributed by atoms with E-state index < -0.39 is 0 Å². The first-order valence-corrected chi connectivity index (χ1v) is 10.5. The van der Waals surface area contributed by atoms with Gasteiger partial charge in [0.05, 0.1) is 37.5 Å². The summed E-state index contributed by atoms with van der Waals surface area (Å²) in [5.74, 6) is 1.46. The number of carbonyl (C=O) groups is 1. The van der Waals surface area contributed by atoms with Gasteiger partial charge in [-0.05, 0) is 43.5 Å². The molecule has 1 fully saturated rings. The zero-order chi connectivity index (χ0) is 22.0. The first-order chi connectivity index (χ1) is 15.0. The minimum absolute atomic E-state index is 0.0246. The maximum Gasteiger partial charge on any atom is 0.261 e. The normalized spacial score (nSPS) is 16.0. The summed E-state index contributed by atoms with van der Waals surface area (Å²) in [7, 11) is 3.24. The third-order valence-electron chi connectivity index (χ3n) is 5.99. The highest BCUT2D eigenvalue weighted by Gasteiger charge is 2.31. The number of carbonyl (C=O) groups excluding carboxylic acids is 1. The van der Waals surface area contributed by atoms with Gasteiger partial charge in [-0.15, -0.1) is 0 Å². The Morgan fingerprint density at radius 2 is 2.03 bits per heavy atom. The van der Waals surface area contributed by atoms with Crippen LogP contribution in [0.2, 0.25) is 0 Å². The molecule has 0 bridgehead atoms. The molecule has 1 aromatic heterocycles. The van der Waals surface area contributed by atoms with Gasteiger partial charge < -0.3 is 14.4 Å². The van der Waals surface area contributed by atoms with Gasteiger partial charge in [-0.3, -0.25) is 14.2 Å². The smallest absolute Gasteiger partial charge is 0.261 e. The third kappa shape index (κ3) is 4.00. The van der Waals surface area contributed by atoms with Crippen LogP contribution >= 0.6 is 0 Å². The SMILES string of the molecule is COc1ccc([C@@H]2CCCN2C(=O)CCn2cnc3c(C)cccc3c2=O)c(OC)c1. The molecule has 7 heteroatoms. The monoisotopic (exact) mass is 421 g/mol. The van der Waals surface area contributed by atoms with Crippen LogP contribution in [0.15, 0.2) is 47.5 Å². The summed E-state index contributed by atoms with van der Waals surface area (Å²) in [4.78, 5) is 32.2. The summed E-state index contributed by atoms with van der Waals surface area (Å²) < 4.78 is 12.4. The predicted octanol–water partition coefficient (Wildman–Crippen LogP) is 3.48. The average Bonchev–Trinajstić information content (AvgIpc) is 3.28. The van der Waals surface area contributed by atoms with Crippen molar-refractivity contribution in [1.29, 1.82) is 0 Å². The Hall–Kier alpha value is -3.35. The van der Waals surface area contributed by atoms with E-state index in [0.717, 1.165) is 35.5 Å². The van der Waals surface area contributed by atoms with E-state index in [2.05, 4.69) is 4.98 Å². The van der Waals surface area contributed by atoms with Crippen LogP contribution in [0.5, 0.6) is 11.5 Å². The molecule has 4 rings (SSSR count). The van der Waals surface area contributed by atoms with Gasteiger partial charge in [-0.25, -0.2) is 4.98 Å². The van der Waals surface area contributed by atoms with Gasteiger partial charge in [0.1, 0.15) is 11.5 Å². The number of hydrogen-bond donors (Lipinski definition) is 0. The number of ether oxygens (including phenoxy) is 2. The van der Waals surface area contributed by atoms with E-state index in [4.69, 9.17) is 9.47 Å². The molecule has 0 spiro atoms. The van der Waals surface area contributed by atoms with Gasteiger partial charge in [0, 0.05) is 31.1 Å². The lowest BCUT2D eigenvalue weighted by molar-refractivity contribution is -0.132. The molecule has 2 heterocycles. The molecule has 0 radical (unpaired) electrons. The Balaban J connectivity index is 1.52. The number of aromatic nitrogens is 2. The largest absolute Gasteiger partial charge is 0.497 e. The van der Waals surface area contributed by atoms with Crippen LogP contribution < -0.4 is 15.0 Å². The van der Waals surface area contributed by atoms with Crippen molar-refractivity contribution in [3.63, 3.8) is 0 Å². The van der Waals surface area contributed by atoms with Crippen LogP contribution in [0.3, 0.4) is 0 Å². The van der Waals surface area contributed by atoms with Gasteiger partial charge in [0.25, 0.3) is 5.56 Å². The van der Waals surface area contributed by atoms with Gasteiger partial charge in [-0.1, -0.05) is 12.1 Å². The summed E-state index contributed by atoms with van der Waals surface area (Å²) in [5.41, 5.74) is 2.54. The Morgan fingerprint density at radius 3 is 2.81 bits per heavy atom. The molecular formula is C24H27N3O4. The summed E-state index contributed by atoms with van der Waals surface area (Å²) in [5, 5.41) is 0.581. The molecule has 1 aliphatic rings. The number of aryl methyl sites for hydroxylation is 2. The molecule has 1 saturated heterocycles. The fourth-order valence-corrected chi connectivity index (χ4v) is 4.34. The van der Waals surface area contributed by atoms with Crippen molar-refractivity contribution in [2.75, 3.05) is 20.8 Å². The van der Waals surface area contributed by atoms with E-state index >= 15 is 0 Å². The van der Waals surface area contributed by atoms with Crippen molar-refractivity contribution in [2.24, 2.45) is 0 Å². The van der Waals surface area contributed by atoms with Gasteiger partial charge >= 0.3 is 0 Å². The van der Waals surface area contributed by atoms with Crippen molar-refractivity contribution in [3.05, 3.63) is 64.2 Å². The minimum Gasteiger partial charge on any atom is -0.497 e. The van der Waals surface area contributed by atoms with E-state index in [1.165, 1.54) is 4.57 Å². The minimum atomic E-state index is -0.115. The van der Waals surface area contributed by atoms with Crippen molar-refractivity contribution < 1.29 is 14.3 Å². The number of likely N-dealkylation sites (tertiary alicyclic amines) is 1. The molecule has 3 aromatic rings. The van der Waals surface area contributed by atoms with Crippen molar-refractivity contribution >= 4 is 16.8 Å². The molecule has 31 heavy (non-hydrogen) atoms. The highest BCUT2D eigenvalue weighted by Crippen LogP contribution is 2.38. The summed E-state index contributed by atoms with van der Waals surface area (Å²) in [6.07, 6.45) is 3.60. The lowest BCUT2D eigenvalue weighted by Gasteiger charge is -2.26. The number of methoxy groups -OCH3 is 2. The molecule has 162 valence electrons. The first-order valence-electron chi connectivity index (χ1n) is 10.5. The van der Waals surface area contributed by atoms with Crippen LogP contribution in [0.4, 0.5) is 0 Å². The Morgan fingerprint density at radius 1 is 1.19 bits per heavy atom. The molecule has 2 aromatic carbocycles. The molecule has 1 aliphatic heterocycles. The van der Waals surface area contributed by atoms with Crippen LogP contribution in [0.1, 0.15) is 36.4 Å². The van der Waals surface area contributed by atoms with Crippen molar-refractivity contribution in [3.8, 4) is 11.5 Å². The Labute approximate surface area is 181 Å². The number of para-hydroxylation sites is 1. The van der Waals surface area contributed by atoms with Gasteiger partial charge in [-0.2, -0.15) is 0 Å². The van der Waals surface area contributed by atoms with E-state index in [-0.39, 0.29) is 23.9 Å². The van der Waals surface area contributed by atoms with Gasteiger partial charge in [0.2, 0.25) is 5.91 Å². The lowest BCUT2D eigenvalue weighted by Crippen LogP contribution is -2.32. The van der Waals surface area contributed by atoms with Crippen molar-refractivity contribution in [1.82, 2.24) is 14.5 Å². The van der Waals surface area contributed by atoms with E-state index in [0.29, 0.717) is 24.0 Å². The van der Waals surface area contributed by atoms with E-state index in [1.807, 2.05) is 42.2 Å². The topological polar surface area (TPSA) is 73.7 Å².